The van der Waals surface area contributed by atoms with E-state index in [9.17, 15) is 0 Å². The minimum atomic E-state index is 0. The van der Waals surface area contributed by atoms with Crippen molar-refractivity contribution in [2.24, 2.45) is 0 Å². The summed E-state index contributed by atoms with van der Waals surface area (Å²) in [5.41, 5.74) is 29.4. The van der Waals surface area contributed by atoms with Gasteiger partial charge in [-0.3, -0.25) is 0 Å². The number of hydrogen-bond donors (Lipinski definition) is 0. The maximum Gasteiger partial charge on any atom is 0 e. The van der Waals surface area contributed by atoms with Crippen LogP contribution < -0.4 is 0 Å². The first-order chi connectivity index (χ1) is 61.7. The van der Waals surface area contributed by atoms with Crippen LogP contribution in [0.2, 0.25) is 0 Å². The van der Waals surface area contributed by atoms with Crippen molar-refractivity contribution in [3.63, 3.8) is 0 Å². The molecule has 0 saturated carbocycles. The van der Waals surface area contributed by atoms with Crippen LogP contribution in [0.15, 0.2) is 334 Å². The van der Waals surface area contributed by atoms with Crippen LogP contribution in [0.1, 0.15) is 236 Å². The van der Waals surface area contributed by atoms with Crippen molar-refractivity contribution in [3.05, 3.63) is 422 Å². The molecule has 15 aromatic rings. The fraction of sp³-hybridized carbons (Fsp3) is 0.280. The fourth-order valence-electron chi connectivity index (χ4n) is 10.8. The summed E-state index contributed by atoms with van der Waals surface area (Å²) in [6.07, 6.45) is 0. The van der Waals surface area contributed by atoms with Crippen molar-refractivity contribution >= 4 is 0 Å². The summed E-state index contributed by atoms with van der Waals surface area (Å²) in [6, 6.07) is 147. The van der Waals surface area contributed by atoms with Gasteiger partial charge in [-0.2, -0.15) is 206 Å². The first-order valence-corrected chi connectivity index (χ1v) is 47.0. The second-order valence-corrected chi connectivity index (χ2v) is 23.1. The molecule has 15 rings (SSSR count). The third-order valence-corrected chi connectivity index (χ3v) is 15.9. The van der Waals surface area contributed by atoms with Crippen molar-refractivity contribution in [1.29, 1.82) is 0 Å². The molecule has 0 heterocycles. The van der Waals surface area contributed by atoms with E-state index in [1.807, 2.05) is 329 Å². The molecule has 0 saturated heterocycles. The Kier molecular flexibility index (Phi) is 113. The SMILES string of the molecule is CC.CC.CC.CC.CC.CC.CC.CC.CC.CC.CC.CC.CC.CC.CC.Cc1ccc(-c2[c-]c(-c3[c-]cccc3)ccc2)cc1.Cc1ccc(-c2cc[c-]c(-c3[c-]cccc3)c2)cc1.Cc1ccc(-c2ccc[c-]c2-c2[c-]cccc2)cc1.Cc1cccc(-c2cc[c-]c(-c3[c-]cccc3)c2)c1.Cc1ccccc1-c1cc[c-]c(-c2[c-]cccc2)c1.[Y].[Y].[Y].[Y].[Y]. The van der Waals surface area contributed by atoms with Gasteiger partial charge in [0, 0.05) is 164 Å². The molecule has 0 aliphatic rings. The summed E-state index contributed by atoms with van der Waals surface area (Å²) in [7, 11) is 0. The topological polar surface area (TPSA) is 0 Å². The fourth-order valence-corrected chi connectivity index (χ4v) is 10.8. The molecule has 5 heteroatoms. The summed E-state index contributed by atoms with van der Waals surface area (Å²) in [5.74, 6) is 0. The minimum absolute atomic E-state index is 0. The molecular formula is C125H160Y5-10. The molecule has 15 aromatic carbocycles. The molecule has 0 nitrogen and oxygen atoms in total. The van der Waals surface area contributed by atoms with Gasteiger partial charge in [-0.15, -0.1) is 101 Å². The van der Waals surface area contributed by atoms with E-state index in [4.69, 9.17) is 0 Å². The van der Waals surface area contributed by atoms with E-state index < -0.39 is 0 Å². The molecule has 5 radical (unpaired) electrons. The Bertz CT molecular complexity index is 4700. The maximum atomic E-state index is 3.47. The third kappa shape index (κ3) is 57.5. The summed E-state index contributed by atoms with van der Waals surface area (Å²) in [5, 5.41) is 0. The van der Waals surface area contributed by atoms with Gasteiger partial charge >= 0.3 is 0 Å². The van der Waals surface area contributed by atoms with E-state index in [-0.39, 0.29) is 164 Å². The Morgan fingerprint density at radius 3 is 0.777 bits per heavy atom. The van der Waals surface area contributed by atoms with Gasteiger partial charge in [-0.25, -0.2) is 50.1 Å². The second kappa shape index (κ2) is 102. The molecule has 0 fully saturated rings. The molecule has 685 valence electrons. The summed E-state index contributed by atoms with van der Waals surface area (Å²) in [6.45, 7) is 70.6. The summed E-state index contributed by atoms with van der Waals surface area (Å²) in [4.78, 5) is 0. The first-order valence-electron chi connectivity index (χ1n) is 47.0. The summed E-state index contributed by atoms with van der Waals surface area (Å²) >= 11 is 0. The van der Waals surface area contributed by atoms with Gasteiger partial charge in [0.1, 0.15) is 0 Å². The largest absolute Gasteiger partial charge is 0.226 e. The predicted octanol–water partition coefficient (Wildman–Crippen LogP) is 40.0. The molecule has 0 bridgehead atoms. The van der Waals surface area contributed by atoms with Gasteiger partial charge in [-0.05, 0) is 56.9 Å². The number of hydrogen-bond acceptors (Lipinski definition) is 0. The zero-order chi connectivity index (χ0) is 95.4. The van der Waals surface area contributed by atoms with Crippen molar-refractivity contribution in [3.8, 4) is 111 Å². The molecule has 0 aliphatic heterocycles. The average Bonchev–Trinajstić information content (AvgIpc) is 0.812. The molecule has 0 aromatic heterocycles. The maximum absolute atomic E-state index is 3.47. The number of benzene rings is 15. The van der Waals surface area contributed by atoms with Crippen LogP contribution in [0.5, 0.6) is 0 Å². The van der Waals surface area contributed by atoms with Crippen molar-refractivity contribution in [1.82, 2.24) is 0 Å². The minimum Gasteiger partial charge on any atom is -0.226 e. The summed E-state index contributed by atoms with van der Waals surface area (Å²) < 4.78 is 0. The molecule has 0 spiro atoms. The van der Waals surface area contributed by atoms with Gasteiger partial charge in [0.05, 0.1) is 0 Å². The number of rotatable bonds is 10. The van der Waals surface area contributed by atoms with E-state index in [1.165, 1.54) is 77.9 Å². The molecule has 0 atom stereocenters. The van der Waals surface area contributed by atoms with E-state index in [2.05, 4.69) is 308 Å². The number of aryl methyl sites for hydroxylation is 5. The van der Waals surface area contributed by atoms with Crippen LogP contribution >= 0.6 is 0 Å². The zero-order valence-electron chi connectivity index (χ0n) is 87.1. The van der Waals surface area contributed by atoms with Crippen LogP contribution in [0, 0.1) is 95.3 Å². The van der Waals surface area contributed by atoms with Crippen molar-refractivity contribution < 1.29 is 164 Å². The van der Waals surface area contributed by atoms with Crippen LogP contribution in [0.3, 0.4) is 0 Å². The average molecular weight is 2110 g/mol. The van der Waals surface area contributed by atoms with Gasteiger partial charge in [0.25, 0.3) is 0 Å². The van der Waals surface area contributed by atoms with Gasteiger partial charge in [0.2, 0.25) is 0 Å². The molecule has 130 heavy (non-hydrogen) atoms. The molecular weight excluding hydrogens is 1950 g/mol. The second-order valence-electron chi connectivity index (χ2n) is 23.1. The zero-order valence-corrected chi connectivity index (χ0v) is 101. The van der Waals surface area contributed by atoms with E-state index in [1.54, 1.807) is 0 Å². The van der Waals surface area contributed by atoms with Crippen LogP contribution in [-0.4, -0.2) is 0 Å². The van der Waals surface area contributed by atoms with E-state index >= 15 is 0 Å². The third-order valence-electron chi connectivity index (χ3n) is 15.9. The van der Waals surface area contributed by atoms with Gasteiger partial charge < -0.3 is 0 Å². The van der Waals surface area contributed by atoms with Crippen LogP contribution in [-0.2, 0) is 164 Å². The van der Waals surface area contributed by atoms with Gasteiger partial charge in [0.15, 0.2) is 0 Å². The van der Waals surface area contributed by atoms with E-state index in [0.717, 1.165) is 61.2 Å². The molecule has 0 N–H and O–H groups in total. The van der Waals surface area contributed by atoms with Crippen molar-refractivity contribution in [2.75, 3.05) is 0 Å². The molecule has 0 aliphatic carbocycles. The van der Waals surface area contributed by atoms with Crippen molar-refractivity contribution in [2.45, 2.75) is 242 Å². The van der Waals surface area contributed by atoms with Gasteiger partial charge in [-0.1, -0.05) is 362 Å². The first kappa shape index (κ1) is 144. The Balaban J connectivity index is -0.000000159. The Hall–Kier alpha value is -6.18. The van der Waals surface area contributed by atoms with Crippen LogP contribution in [0.4, 0.5) is 0 Å². The Morgan fingerprint density at radius 2 is 0.415 bits per heavy atom. The predicted molar refractivity (Wildman–Crippen MR) is 569 cm³/mol. The smallest absolute Gasteiger partial charge is 0 e. The Labute approximate surface area is 927 Å². The molecule has 0 amide bonds. The quantitative estimate of drug-likeness (QED) is 0.120. The van der Waals surface area contributed by atoms with Crippen LogP contribution in [0.25, 0.3) is 111 Å². The Morgan fingerprint density at radius 1 is 0.146 bits per heavy atom. The van der Waals surface area contributed by atoms with E-state index in [0.29, 0.717) is 0 Å². The standard InChI is InChI=1S/5C19H14.15C2H6.5Y/c1-15-7-5-10-17(13-15)19-12-6-11-18(14-19)16-8-3-2-4-9-16;1-15-8-5-6-13-19(15)18-12-7-11-17(14-18)16-9-3-2-4-10-16;1-15-11-13-17(14-12-15)19-10-6-5-9-18(19)16-7-3-2-4-8-16;2*1-15-10-12-17(13-11-15)19-9-5-8-18(14-19)16-6-3-2-4-7-16;15*1-2;;;;;/h2-8,10,12-14H,1H3;2-9,12-14H,1H3;2-7,10-14H,1H3;2-6,9-14H,1H3;2-6,8-13H,1H3;15*1-2H3;;;;;/q5*-2;;;;;;;;;;;;;;;;;;;;. The monoisotopic (exact) mass is 2110 g/mol. The normalized spacial score (nSPS) is 8.27. The molecule has 0 unspecified atom stereocenters.